The smallest absolute Gasteiger partial charge is 0.407 e. The topological polar surface area (TPSA) is 80.3 Å². The van der Waals surface area contributed by atoms with Gasteiger partial charge in [0, 0.05) is 24.2 Å². The van der Waals surface area contributed by atoms with Crippen LogP contribution in [0.4, 0.5) is 4.79 Å². The van der Waals surface area contributed by atoms with E-state index in [9.17, 15) is 9.59 Å². The lowest BCUT2D eigenvalue weighted by atomic mass is 10.1. The molecular weight excluding hydrogens is 374 g/mol. The van der Waals surface area contributed by atoms with Crippen molar-refractivity contribution in [2.24, 2.45) is 0 Å². The van der Waals surface area contributed by atoms with Crippen molar-refractivity contribution in [2.45, 2.75) is 6.92 Å². The fourth-order valence-corrected chi connectivity index (χ4v) is 3.58. The van der Waals surface area contributed by atoms with E-state index >= 15 is 0 Å². The van der Waals surface area contributed by atoms with Crippen molar-refractivity contribution in [1.29, 1.82) is 0 Å². The molecular formula is C21H21N3O3S. The Morgan fingerprint density at radius 1 is 0.929 bits per heavy atom. The lowest BCUT2D eigenvalue weighted by Crippen LogP contribution is -2.34. The van der Waals surface area contributed by atoms with Crippen LogP contribution in [0.5, 0.6) is 0 Å². The van der Waals surface area contributed by atoms with Gasteiger partial charge in [-0.3, -0.25) is 4.79 Å². The molecule has 0 aliphatic rings. The summed E-state index contributed by atoms with van der Waals surface area (Å²) in [7, 11) is 0. The molecule has 1 aromatic heterocycles. The molecule has 28 heavy (non-hydrogen) atoms. The van der Waals surface area contributed by atoms with Gasteiger partial charge in [0.15, 0.2) is 0 Å². The van der Waals surface area contributed by atoms with Gasteiger partial charge in [-0.05, 0) is 6.92 Å². The van der Waals surface area contributed by atoms with E-state index in [2.05, 4.69) is 10.6 Å². The van der Waals surface area contributed by atoms with E-state index in [0.29, 0.717) is 23.7 Å². The molecule has 0 saturated carbocycles. The number of alkyl carbamates (subject to hydrolysis) is 1. The Hall–Kier alpha value is -3.19. The summed E-state index contributed by atoms with van der Waals surface area (Å²) >= 11 is 1.35. The number of hydrogen-bond donors (Lipinski definition) is 2. The third-order valence-electron chi connectivity index (χ3n) is 3.86. The monoisotopic (exact) mass is 395 g/mol. The standard InChI is InChI=1S/C21H21N3O3S/c1-2-27-21(26)23-14-13-22-19(25)18-17(15-9-5-3-6-10-15)24-20(28-18)16-11-7-4-8-12-16/h3-12H,2,13-14H2,1H3,(H,22,25)(H,23,26). The van der Waals surface area contributed by atoms with Crippen LogP contribution >= 0.6 is 11.3 Å². The normalized spacial score (nSPS) is 10.3. The second-order valence-electron chi connectivity index (χ2n) is 5.83. The molecule has 1 heterocycles. The minimum Gasteiger partial charge on any atom is -0.450 e. The van der Waals surface area contributed by atoms with E-state index in [0.717, 1.165) is 16.1 Å². The molecule has 0 unspecified atom stereocenters. The molecule has 3 rings (SSSR count). The number of carbonyl (C=O) groups is 2. The average molecular weight is 395 g/mol. The Kier molecular flexibility index (Phi) is 6.75. The maximum absolute atomic E-state index is 12.8. The molecule has 0 atom stereocenters. The lowest BCUT2D eigenvalue weighted by Gasteiger charge is -2.07. The molecule has 7 heteroatoms. The Morgan fingerprint density at radius 2 is 1.54 bits per heavy atom. The zero-order valence-corrected chi connectivity index (χ0v) is 16.3. The number of hydrogen-bond acceptors (Lipinski definition) is 5. The van der Waals surface area contributed by atoms with Gasteiger partial charge in [0.1, 0.15) is 9.88 Å². The minimum absolute atomic E-state index is 0.218. The van der Waals surface area contributed by atoms with Gasteiger partial charge in [-0.15, -0.1) is 11.3 Å². The Bertz CT molecular complexity index is 927. The number of thiazole rings is 1. The Balaban J connectivity index is 1.78. The zero-order valence-electron chi connectivity index (χ0n) is 15.5. The van der Waals surface area contributed by atoms with Gasteiger partial charge in [0.2, 0.25) is 0 Å². The average Bonchev–Trinajstić information content (AvgIpc) is 3.18. The summed E-state index contributed by atoms with van der Waals surface area (Å²) in [6, 6.07) is 19.4. The predicted octanol–water partition coefficient (Wildman–Crippen LogP) is 3.95. The van der Waals surface area contributed by atoms with Gasteiger partial charge in [0.05, 0.1) is 12.3 Å². The van der Waals surface area contributed by atoms with Gasteiger partial charge in [0.25, 0.3) is 5.91 Å². The van der Waals surface area contributed by atoms with E-state index < -0.39 is 6.09 Å². The number of rotatable bonds is 7. The Labute approximate surface area is 167 Å². The van der Waals surface area contributed by atoms with Crippen LogP contribution in [0.15, 0.2) is 60.7 Å². The first-order valence-electron chi connectivity index (χ1n) is 8.99. The zero-order chi connectivity index (χ0) is 19.8. The van der Waals surface area contributed by atoms with Crippen LogP contribution in [0, 0.1) is 0 Å². The van der Waals surface area contributed by atoms with Gasteiger partial charge in [-0.1, -0.05) is 60.7 Å². The highest BCUT2D eigenvalue weighted by molar-refractivity contribution is 7.17. The molecule has 3 aromatic rings. The molecule has 2 N–H and O–H groups in total. The number of ether oxygens (including phenoxy) is 1. The van der Waals surface area contributed by atoms with Gasteiger partial charge in [-0.25, -0.2) is 9.78 Å². The van der Waals surface area contributed by atoms with Crippen molar-refractivity contribution >= 4 is 23.3 Å². The first-order chi connectivity index (χ1) is 13.7. The molecule has 0 radical (unpaired) electrons. The summed E-state index contributed by atoms with van der Waals surface area (Å²) in [6.45, 7) is 2.63. The van der Waals surface area contributed by atoms with E-state index in [-0.39, 0.29) is 12.5 Å². The number of carbonyl (C=O) groups excluding carboxylic acids is 2. The van der Waals surface area contributed by atoms with E-state index in [4.69, 9.17) is 9.72 Å². The maximum atomic E-state index is 12.8. The lowest BCUT2D eigenvalue weighted by molar-refractivity contribution is 0.0956. The van der Waals surface area contributed by atoms with Gasteiger partial charge in [-0.2, -0.15) is 0 Å². The third kappa shape index (κ3) is 4.95. The molecule has 0 spiro atoms. The van der Waals surface area contributed by atoms with E-state index in [1.54, 1.807) is 6.92 Å². The molecule has 2 amide bonds. The maximum Gasteiger partial charge on any atom is 0.407 e. The van der Waals surface area contributed by atoms with Crippen molar-refractivity contribution in [1.82, 2.24) is 15.6 Å². The minimum atomic E-state index is -0.495. The summed E-state index contributed by atoms with van der Waals surface area (Å²) in [5, 5.41) is 6.20. The second-order valence-corrected chi connectivity index (χ2v) is 6.83. The molecule has 144 valence electrons. The molecule has 0 aliphatic carbocycles. The predicted molar refractivity (Wildman–Crippen MR) is 110 cm³/mol. The summed E-state index contributed by atoms with van der Waals surface area (Å²) < 4.78 is 4.79. The number of amides is 2. The van der Waals surface area contributed by atoms with Gasteiger partial charge >= 0.3 is 6.09 Å². The first-order valence-corrected chi connectivity index (χ1v) is 9.81. The van der Waals surface area contributed by atoms with Gasteiger partial charge < -0.3 is 15.4 Å². The summed E-state index contributed by atoms with van der Waals surface area (Å²) in [5.41, 5.74) is 2.50. The summed E-state index contributed by atoms with van der Waals surface area (Å²) in [6.07, 6.45) is -0.495. The molecule has 0 bridgehead atoms. The first kappa shape index (κ1) is 19.6. The molecule has 0 aliphatic heterocycles. The van der Waals surface area contributed by atoms with E-state index in [1.807, 2.05) is 60.7 Å². The van der Waals surface area contributed by atoms with E-state index in [1.165, 1.54) is 11.3 Å². The van der Waals surface area contributed by atoms with Crippen LogP contribution in [-0.2, 0) is 4.74 Å². The van der Waals surface area contributed by atoms with Crippen LogP contribution in [0.3, 0.4) is 0 Å². The van der Waals surface area contributed by atoms with Crippen molar-refractivity contribution in [2.75, 3.05) is 19.7 Å². The second kappa shape index (κ2) is 9.66. The molecule has 6 nitrogen and oxygen atoms in total. The largest absolute Gasteiger partial charge is 0.450 e. The summed E-state index contributed by atoms with van der Waals surface area (Å²) in [4.78, 5) is 29.3. The highest BCUT2D eigenvalue weighted by Crippen LogP contribution is 2.33. The SMILES string of the molecule is CCOC(=O)NCCNC(=O)c1sc(-c2ccccc2)nc1-c1ccccc1. The molecule has 0 fully saturated rings. The fourth-order valence-electron chi connectivity index (χ4n) is 2.57. The van der Waals surface area contributed by atoms with Crippen LogP contribution in [-0.4, -0.2) is 36.7 Å². The van der Waals surface area contributed by atoms with Crippen molar-refractivity contribution in [3.63, 3.8) is 0 Å². The van der Waals surface area contributed by atoms with Crippen LogP contribution < -0.4 is 10.6 Å². The van der Waals surface area contributed by atoms with Crippen LogP contribution in [0.25, 0.3) is 21.8 Å². The quantitative estimate of drug-likeness (QED) is 0.594. The number of nitrogens with zero attached hydrogens (tertiary/aromatic N) is 1. The highest BCUT2D eigenvalue weighted by Gasteiger charge is 2.20. The fraction of sp³-hybridized carbons (Fsp3) is 0.190. The van der Waals surface area contributed by atoms with Crippen LogP contribution in [0.2, 0.25) is 0 Å². The Morgan fingerprint density at radius 3 is 2.18 bits per heavy atom. The number of benzene rings is 2. The molecule has 0 saturated heterocycles. The van der Waals surface area contributed by atoms with Crippen molar-refractivity contribution in [3.05, 3.63) is 65.5 Å². The van der Waals surface area contributed by atoms with Crippen LogP contribution in [0.1, 0.15) is 16.6 Å². The highest BCUT2D eigenvalue weighted by atomic mass is 32.1. The molecule has 2 aromatic carbocycles. The number of nitrogens with one attached hydrogen (secondary N) is 2. The van der Waals surface area contributed by atoms with Crippen molar-refractivity contribution < 1.29 is 14.3 Å². The third-order valence-corrected chi connectivity index (χ3v) is 4.96. The summed E-state index contributed by atoms with van der Waals surface area (Å²) in [5.74, 6) is -0.218. The van der Waals surface area contributed by atoms with Crippen molar-refractivity contribution in [3.8, 4) is 21.8 Å². The number of aromatic nitrogens is 1.